The first kappa shape index (κ1) is 20.4. The standard InChI is InChI=1S/C27H26O2/c1-21-16-18-22(19-17-21)11-10-20-27(2,3)26(28)29-25(23-12-6-4-7-13-23)24-14-8-5-9-15-24/h4-9,12-19,25H,20H2,1-3H3. The molecule has 0 amide bonds. The van der Waals surface area contributed by atoms with E-state index in [1.54, 1.807) is 0 Å². The molecule has 0 spiro atoms. The van der Waals surface area contributed by atoms with Crippen molar-refractivity contribution in [2.45, 2.75) is 33.3 Å². The van der Waals surface area contributed by atoms with E-state index in [1.165, 1.54) is 5.56 Å². The van der Waals surface area contributed by atoms with E-state index in [4.69, 9.17) is 4.74 Å². The highest BCUT2D eigenvalue weighted by atomic mass is 16.5. The first-order valence-electron chi connectivity index (χ1n) is 9.82. The van der Waals surface area contributed by atoms with Gasteiger partial charge in [0, 0.05) is 12.0 Å². The first-order chi connectivity index (χ1) is 14.0. The zero-order valence-electron chi connectivity index (χ0n) is 17.2. The van der Waals surface area contributed by atoms with E-state index < -0.39 is 11.5 Å². The van der Waals surface area contributed by atoms with Gasteiger partial charge < -0.3 is 4.74 Å². The van der Waals surface area contributed by atoms with Gasteiger partial charge in [-0.2, -0.15) is 0 Å². The normalized spacial score (nSPS) is 10.9. The molecule has 3 rings (SSSR count). The van der Waals surface area contributed by atoms with Crippen molar-refractivity contribution in [2.24, 2.45) is 5.41 Å². The average molecular weight is 383 g/mol. The summed E-state index contributed by atoms with van der Waals surface area (Å²) in [4.78, 5) is 13.0. The van der Waals surface area contributed by atoms with Gasteiger partial charge >= 0.3 is 5.97 Å². The zero-order chi connectivity index (χ0) is 20.7. The van der Waals surface area contributed by atoms with Crippen molar-refractivity contribution in [3.05, 3.63) is 107 Å². The highest BCUT2D eigenvalue weighted by Crippen LogP contribution is 2.31. The molecule has 0 saturated carbocycles. The summed E-state index contributed by atoms with van der Waals surface area (Å²) >= 11 is 0. The van der Waals surface area contributed by atoms with Crippen LogP contribution in [0, 0.1) is 24.2 Å². The molecule has 146 valence electrons. The average Bonchev–Trinajstić information content (AvgIpc) is 2.74. The van der Waals surface area contributed by atoms with Gasteiger partial charge in [0.2, 0.25) is 0 Å². The van der Waals surface area contributed by atoms with Crippen LogP contribution in [0.4, 0.5) is 0 Å². The molecular weight excluding hydrogens is 356 g/mol. The quantitative estimate of drug-likeness (QED) is 0.394. The lowest BCUT2D eigenvalue weighted by Crippen LogP contribution is -2.28. The van der Waals surface area contributed by atoms with Crippen LogP contribution < -0.4 is 0 Å². The molecule has 0 atom stereocenters. The number of rotatable bonds is 5. The van der Waals surface area contributed by atoms with Crippen molar-refractivity contribution in [3.8, 4) is 11.8 Å². The van der Waals surface area contributed by atoms with Crippen molar-refractivity contribution in [2.75, 3.05) is 0 Å². The van der Waals surface area contributed by atoms with E-state index in [2.05, 4.69) is 11.8 Å². The Kier molecular flexibility index (Phi) is 6.52. The maximum absolute atomic E-state index is 13.0. The third-order valence-corrected chi connectivity index (χ3v) is 4.80. The minimum atomic E-state index is -0.709. The first-order valence-corrected chi connectivity index (χ1v) is 9.82. The molecule has 2 heteroatoms. The number of esters is 1. The van der Waals surface area contributed by atoms with Crippen LogP contribution in [0.2, 0.25) is 0 Å². The van der Waals surface area contributed by atoms with Gasteiger partial charge in [-0.25, -0.2) is 0 Å². The van der Waals surface area contributed by atoms with Crippen LogP contribution in [-0.4, -0.2) is 5.97 Å². The molecule has 0 radical (unpaired) electrons. The van der Waals surface area contributed by atoms with Gasteiger partial charge in [-0.1, -0.05) is 90.2 Å². The number of hydrogen-bond donors (Lipinski definition) is 0. The number of carbonyl (C=O) groups is 1. The fraction of sp³-hybridized carbons (Fsp3) is 0.222. The molecule has 0 aromatic heterocycles. The van der Waals surface area contributed by atoms with Crippen LogP contribution in [0.15, 0.2) is 84.9 Å². The predicted octanol–water partition coefficient (Wildman–Crippen LogP) is 6.10. The summed E-state index contributed by atoms with van der Waals surface area (Å²) in [5.74, 6) is 6.03. The summed E-state index contributed by atoms with van der Waals surface area (Å²) in [6.45, 7) is 5.81. The van der Waals surface area contributed by atoms with E-state index >= 15 is 0 Å². The SMILES string of the molecule is Cc1ccc(C#CCC(C)(C)C(=O)OC(c2ccccc2)c2ccccc2)cc1. The molecule has 3 aromatic carbocycles. The fourth-order valence-corrected chi connectivity index (χ4v) is 2.93. The van der Waals surface area contributed by atoms with Gasteiger partial charge in [0.25, 0.3) is 0 Å². The summed E-state index contributed by atoms with van der Waals surface area (Å²) in [7, 11) is 0. The lowest BCUT2D eigenvalue weighted by atomic mass is 9.89. The summed E-state index contributed by atoms with van der Waals surface area (Å²) in [5.41, 5.74) is 3.35. The molecule has 0 bridgehead atoms. The fourth-order valence-electron chi connectivity index (χ4n) is 2.93. The Morgan fingerprint density at radius 3 is 1.90 bits per heavy atom. The molecule has 0 saturated heterocycles. The molecule has 3 aromatic rings. The number of aryl methyl sites for hydroxylation is 1. The molecule has 0 aliphatic carbocycles. The molecule has 2 nitrogen and oxygen atoms in total. The molecule has 0 N–H and O–H groups in total. The van der Waals surface area contributed by atoms with Crippen LogP contribution in [0.5, 0.6) is 0 Å². The maximum Gasteiger partial charge on any atom is 0.313 e. The zero-order valence-corrected chi connectivity index (χ0v) is 17.2. The van der Waals surface area contributed by atoms with Gasteiger partial charge in [-0.05, 0) is 44.0 Å². The monoisotopic (exact) mass is 382 g/mol. The second kappa shape index (κ2) is 9.26. The van der Waals surface area contributed by atoms with Crippen molar-refractivity contribution in [1.82, 2.24) is 0 Å². The number of hydrogen-bond acceptors (Lipinski definition) is 2. The minimum absolute atomic E-state index is 0.256. The van der Waals surface area contributed by atoms with Crippen LogP contribution in [0.1, 0.15) is 48.6 Å². The van der Waals surface area contributed by atoms with Crippen molar-refractivity contribution >= 4 is 5.97 Å². The Hall–Kier alpha value is -3.31. The third-order valence-electron chi connectivity index (χ3n) is 4.80. The van der Waals surface area contributed by atoms with E-state index in [0.717, 1.165) is 16.7 Å². The van der Waals surface area contributed by atoms with Crippen LogP contribution in [0.3, 0.4) is 0 Å². The molecule has 0 heterocycles. The van der Waals surface area contributed by atoms with E-state index in [-0.39, 0.29) is 5.97 Å². The Balaban J connectivity index is 1.75. The number of benzene rings is 3. The van der Waals surface area contributed by atoms with Gasteiger partial charge in [-0.3, -0.25) is 4.79 Å². The second-order valence-electron chi connectivity index (χ2n) is 7.84. The molecule has 0 fully saturated rings. The van der Waals surface area contributed by atoms with E-state index in [0.29, 0.717) is 6.42 Å². The summed E-state index contributed by atoms with van der Waals surface area (Å²) in [6.07, 6.45) is -0.00930. The molecule has 0 aliphatic rings. The summed E-state index contributed by atoms with van der Waals surface area (Å²) in [5, 5.41) is 0. The molecular formula is C27H26O2. The van der Waals surface area contributed by atoms with E-state index in [9.17, 15) is 4.79 Å². The predicted molar refractivity (Wildman–Crippen MR) is 117 cm³/mol. The van der Waals surface area contributed by atoms with Gasteiger partial charge in [0.1, 0.15) is 0 Å². The van der Waals surface area contributed by atoms with Gasteiger partial charge in [0.15, 0.2) is 6.10 Å². The largest absolute Gasteiger partial charge is 0.452 e. The minimum Gasteiger partial charge on any atom is -0.452 e. The van der Waals surface area contributed by atoms with Crippen molar-refractivity contribution in [1.29, 1.82) is 0 Å². The Morgan fingerprint density at radius 2 is 1.38 bits per heavy atom. The highest BCUT2D eigenvalue weighted by molar-refractivity contribution is 5.77. The third kappa shape index (κ3) is 5.59. The maximum atomic E-state index is 13.0. The second-order valence-corrected chi connectivity index (χ2v) is 7.84. The van der Waals surface area contributed by atoms with Gasteiger partial charge in [0.05, 0.1) is 5.41 Å². The number of carbonyl (C=O) groups excluding carboxylic acids is 1. The number of ether oxygens (including phenoxy) is 1. The van der Waals surface area contributed by atoms with E-state index in [1.807, 2.05) is 106 Å². The van der Waals surface area contributed by atoms with Crippen LogP contribution in [0.25, 0.3) is 0 Å². The Bertz CT molecular complexity index is 952. The van der Waals surface area contributed by atoms with Crippen molar-refractivity contribution in [3.63, 3.8) is 0 Å². The van der Waals surface area contributed by atoms with Crippen LogP contribution >= 0.6 is 0 Å². The molecule has 29 heavy (non-hydrogen) atoms. The lowest BCUT2D eigenvalue weighted by molar-refractivity contribution is -0.157. The van der Waals surface area contributed by atoms with Gasteiger partial charge in [-0.15, -0.1) is 0 Å². The Morgan fingerprint density at radius 1 is 0.862 bits per heavy atom. The lowest BCUT2D eigenvalue weighted by Gasteiger charge is -2.25. The summed E-state index contributed by atoms with van der Waals surface area (Å²) < 4.78 is 6.00. The Labute approximate surface area is 173 Å². The molecule has 0 unspecified atom stereocenters. The van der Waals surface area contributed by atoms with Crippen molar-refractivity contribution < 1.29 is 9.53 Å². The van der Waals surface area contributed by atoms with Crippen LogP contribution in [-0.2, 0) is 9.53 Å². The molecule has 0 aliphatic heterocycles. The highest BCUT2D eigenvalue weighted by Gasteiger charge is 2.31. The smallest absolute Gasteiger partial charge is 0.313 e. The topological polar surface area (TPSA) is 26.3 Å². The summed E-state index contributed by atoms with van der Waals surface area (Å²) in [6, 6.07) is 27.7.